The first-order valence-corrected chi connectivity index (χ1v) is 12.6. The molecule has 168 valence electrons. The fraction of sp³-hybridized carbons (Fsp3) is 0.682. The van der Waals surface area contributed by atoms with E-state index in [0.717, 1.165) is 37.9 Å². The molecule has 2 atom stereocenters. The lowest BCUT2D eigenvalue weighted by Gasteiger charge is -2.34. The van der Waals surface area contributed by atoms with Gasteiger partial charge in [-0.1, -0.05) is 26.0 Å². The van der Waals surface area contributed by atoms with Crippen molar-refractivity contribution in [3.8, 4) is 0 Å². The third kappa shape index (κ3) is 6.77. The van der Waals surface area contributed by atoms with Crippen molar-refractivity contribution in [3.63, 3.8) is 0 Å². The highest BCUT2D eigenvalue weighted by molar-refractivity contribution is 7.88. The van der Waals surface area contributed by atoms with Gasteiger partial charge in [0.2, 0.25) is 10.0 Å². The minimum atomic E-state index is -3.36. The highest BCUT2D eigenvalue weighted by atomic mass is 32.2. The monoisotopic (exact) mass is 437 g/mol. The summed E-state index contributed by atoms with van der Waals surface area (Å²) in [5.74, 6) is 1.32. The van der Waals surface area contributed by atoms with Crippen molar-refractivity contribution in [1.82, 2.24) is 14.5 Å². The second-order valence-electron chi connectivity index (χ2n) is 8.78. The SMILES string of the molecule is CC1CC(C)CN(CCCNC(=O)c2ccc(CS(=O)(=O)N3CCOCC3)cc2)C1. The van der Waals surface area contributed by atoms with E-state index >= 15 is 0 Å². The summed E-state index contributed by atoms with van der Waals surface area (Å²) in [6.45, 7) is 10.2. The molecule has 0 aromatic heterocycles. The molecule has 3 rings (SSSR count). The molecule has 7 nitrogen and oxygen atoms in total. The summed E-state index contributed by atoms with van der Waals surface area (Å²) in [5.41, 5.74) is 1.24. The molecular formula is C22H35N3O4S. The number of sulfonamides is 1. The zero-order chi connectivity index (χ0) is 21.6. The van der Waals surface area contributed by atoms with E-state index in [-0.39, 0.29) is 11.7 Å². The molecule has 2 saturated heterocycles. The lowest BCUT2D eigenvalue weighted by atomic mass is 9.92. The number of amides is 1. The molecule has 1 amide bonds. The van der Waals surface area contributed by atoms with E-state index in [1.54, 1.807) is 24.3 Å². The molecule has 0 spiro atoms. The number of hydrogen-bond donors (Lipinski definition) is 1. The van der Waals surface area contributed by atoms with Crippen molar-refractivity contribution in [1.29, 1.82) is 0 Å². The van der Waals surface area contributed by atoms with Gasteiger partial charge in [-0.25, -0.2) is 8.42 Å². The van der Waals surface area contributed by atoms with Crippen molar-refractivity contribution < 1.29 is 17.9 Å². The van der Waals surface area contributed by atoms with Crippen LogP contribution in [0.1, 0.15) is 42.6 Å². The largest absolute Gasteiger partial charge is 0.379 e. The molecule has 30 heavy (non-hydrogen) atoms. The zero-order valence-corrected chi connectivity index (χ0v) is 19.0. The Kier molecular flexibility index (Phi) is 8.27. The van der Waals surface area contributed by atoms with Crippen LogP contribution < -0.4 is 5.32 Å². The van der Waals surface area contributed by atoms with Crippen molar-refractivity contribution >= 4 is 15.9 Å². The number of benzene rings is 1. The number of piperidine rings is 1. The highest BCUT2D eigenvalue weighted by Crippen LogP contribution is 2.20. The number of rotatable bonds is 8. The van der Waals surface area contributed by atoms with Gasteiger partial charge in [-0.15, -0.1) is 0 Å². The Balaban J connectivity index is 1.42. The smallest absolute Gasteiger partial charge is 0.251 e. The average molecular weight is 438 g/mol. The molecule has 0 bridgehead atoms. The van der Waals surface area contributed by atoms with Gasteiger partial charge in [0.1, 0.15) is 0 Å². The number of morpholine rings is 1. The molecule has 2 aliphatic heterocycles. The Morgan fingerprint density at radius 1 is 1.10 bits per heavy atom. The lowest BCUT2D eigenvalue weighted by molar-refractivity contribution is 0.0729. The van der Waals surface area contributed by atoms with Crippen LogP contribution in [0.4, 0.5) is 0 Å². The van der Waals surface area contributed by atoms with E-state index in [1.807, 2.05) is 0 Å². The summed E-state index contributed by atoms with van der Waals surface area (Å²) in [6, 6.07) is 6.85. The summed E-state index contributed by atoms with van der Waals surface area (Å²) in [5, 5.41) is 2.97. The maximum absolute atomic E-state index is 12.5. The van der Waals surface area contributed by atoms with Crippen LogP contribution in [0.15, 0.2) is 24.3 Å². The summed E-state index contributed by atoms with van der Waals surface area (Å²) in [7, 11) is -3.36. The van der Waals surface area contributed by atoms with E-state index in [4.69, 9.17) is 4.74 Å². The molecule has 2 fully saturated rings. The topological polar surface area (TPSA) is 79.0 Å². The molecule has 0 aliphatic carbocycles. The summed E-state index contributed by atoms with van der Waals surface area (Å²) in [4.78, 5) is 14.9. The fourth-order valence-electron chi connectivity index (χ4n) is 4.46. The first-order chi connectivity index (χ1) is 14.3. The van der Waals surface area contributed by atoms with Gasteiger partial charge in [0.15, 0.2) is 0 Å². The van der Waals surface area contributed by atoms with Gasteiger partial charge in [0.25, 0.3) is 5.91 Å². The van der Waals surface area contributed by atoms with Gasteiger partial charge in [0, 0.05) is 38.3 Å². The van der Waals surface area contributed by atoms with Gasteiger partial charge in [-0.05, 0) is 48.9 Å². The predicted octanol–water partition coefficient (Wildman–Crippen LogP) is 1.95. The summed E-state index contributed by atoms with van der Waals surface area (Å²) in [6.07, 6.45) is 2.23. The van der Waals surface area contributed by atoms with Crippen LogP contribution in [0, 0.1) is 11.8 Å². The quantitative estimate of drug-likeness (QED) is 0.629. The average Bonchev–Trinajstić information content (AvgIpc) is 2.71. The second kappa shape index (κ2) is 10.7. The molecule has 8 heteroatoms. The first kappa shape index (κ1) is 23.2. The molecule has 2 heterocycles. The van der Waals surface area contributed by atoms with Gasteiger partial charge in [-0.2, -0.15) is 4.31 Å². The highest BCUT2D eigenvalue weighted by Gasteiger charge is 2.24. The summed E-state index contributed by atoms with van der Waals surface area (Å²) < 4.78 is 31.7. The summed E-state index contributed by atoms with van der Waals surface area (Å²) >= 11 is 0. The maximum atomic E-state index is 12.5. The zero-order valence-electron chi connectivity index (χ0n) is 18.2. The van der Waals surface area contributed by atoms with Gasteiger partial charge < -0.3 is 15.0 Å². The van der Waals surface area contributed by atoms with Crippen molar-refractivity contribution in [2.75, 3.05) is 52.5 Å². The van der Waals surface area contributed by atoms with Crippen molar-refractivity contribution in [2.45, 2.75) is 32.4 Å². The maximum Gasteiger partial charge on any atom is 0.251 e. The number of likely N-dealkylation sites (tertiary alicyclic amines) is 1. The molecule has 1 N–H and O–H groups in total. The van der Waals surface area contributed by atoms with Crippen LogP contribution >= 0.6 is 0 Å². The fourth-order valence-corrected chi connectivity index (χ4v) is 5.96. The molecular weight excluding hydrogens is 402 g/mol. The Hall–Kier alpha value is -1.48. The van der Waals surface area contributed by atoms with Crippen molar-refractivity contribution in [3.05, 3.63) is 35.4 Å². The normalized spacial score (nSPS) is 23.9. The van der Waals surface area contributed by atoms with E-state index in [1.165, 1.54) is 10.7 Å². The van der Waals surface area contributed by atoms with E-state index < -0.39 is 10.0 Å². The minimum Gasteiger partial charge on any atom is -0.379 e. The molecule has 1 aromatic carbocycles. The van der Waals surface area contributed by atoms with Crippen LogP contribution in [-0.4, -0.2) is 76.0 Å². The van der Waals surface area contributed by atoms with Gasteiger partial charge in [-0.3, -0.25) is 4.79 Å². The van der Waals surface area contributed by atoms with E-state index in [9.17, 15) is 13.2 Å². The third-order valence-electron chi connectivity index (χ3n) is 5.81. The molecule has 0 saturated carbocycles. The Morgan fingerprint density at radius 3 is 2.37 bits per heavy atom. The second-order valence-corrected chi connectivity index (χ2v) is 10.7. The van der Waals surface area contributed by atoms with Gasteiger partial charge in [0.05, 0.1) is 19.0 Å². The lowest BCUT2D eigenvalue weighted by Crippen LogP contribution is -2.41. The van der Waals surface area contributed by atoms with E-state index in [0.29, 0.717) is 44.0 Å². The Morgan fingerprint density at radius 2 is 1.73 bits per heavy atom. The number of carbonyl (C=O) groups excluding carboxylic acids is 1. The predicted molar refractivity (Wildman–Crippen MR) is 118 cm³/mol. The minimum absolute atomic E-state index is 0.0540. The third-order valence-corrected chi connectivity index (χ3v) is 7.66. The first-order valence-electron chi connectivity index (χ1n) is 11.0. The molecule has 0 radical (unpaired) electrons. The van der Waals surface area contributed by atoms with E-state index in [2.05, 4.69) is 24.1 Å². The van der Waals surface area contributed by atoms with Crippen LogP contribution in [-0.2, 0) is 20.5 Å². The number of hydrogen-bond acceptors (Lipinski definition) is 5. The van der Waals surface area contributed by atoms with Crippen molar-refractivity contribution in [2.24, 2.45) is 11.8 Å². The Bertz CT molecular complexity index is 781. The molecule has 2 unspecified atom stereocenters. The van der Waals surface area contributed by atoms with Crippen LogP contribution in [0.2, 0.25) is 0 Å². The molecule has 2 aliphatic rings. The van der Waals surface area contributed by atoms with Crippen LogP contribution in [0.5, 0.6) is 0 Å². The van der Waals surface area contributed by atoms with Gasteiger partial charge >= 0.3 is 0 Å². The number of ether oxygens (including phenoxy) is 1. The van der Waals surface area contributed by atoms with Crippen LogP contribution in [0.25, 0.3) is 0 Å². The standard InChI is InChI=1S/C22H35N3O4S/c1-18-14-19(2)16-24(15-18)9-3-8-23-22(26)21-6-4-20(5-7-21)17-30(27,28)25-10-12-29-13-11-25/h4-7,18-19H,3,8-17H2,1-2H3,(H,23,26). The number of nitrogens with one attached hydrogen (secondary N) is 1. The molecule has 1 aromatic rings. The van der Waals surface area contributed by atoms with Crippen LogP contribution in [0.3, 0.4) is 0 Å². The number of nitrogens with zero attached hydrogens (tertiary/aromatic N) is 2. The Labute approximate surface area is 180 Å². The number of carbonyl (C=O) groups is 1.